The van der Waals surface area contributed by atoms with Crippen molar-refractivity contribution in [1.82, 2.24) is 9.55 Å². The molecule has 1 aliphatic rings. The van der Waals surface area contributed by atoms with Crippen LogP contribution < -0.4 is 5.32 Å². The fourth-order valence-electron chi connectivity index (χ4n) is 3.55. The molecule has 126 valence electrons. The van der Waals surface area contributed by atoms with E-state index in [2.05, 4.69) is 27.0 Å². The van der Waals surface area contributed by atoms with Crippen molar-refractivity contribution in [2.45, 2.75) is 33.2 Å². The molecule has 3 aromatic rings. The molecule has 1 aromatic heterocycles. The van der Waals surface area contributed by atoms with Gasteiger partial charge in [-0.15, -0.1) is 0 Å². The molecule has 0 radical (unpaired) electrons. The largest absolute Gasteiger partial charge is 0.328 e. The van der Waals surface area contributed by atoms with Crippen molar-refractivity contribution >= 4 is 11.6 Å². The Labute approximate surface area is 147 Å². The van der Waals surface area contributed by atoms with Crippen molar-refractivity contribution < 1.29 is 4.79 Å². The molecule has 1 N–H and O–H groups in total. The summed E-state index contributed by atoms with van der Waals surface area (Å²) in [4.78, 5) is 17.1. The van der Waals surface area contributed by atoms with Crippen LogP contribution in [0.2, 0.25) is 0 Å². The maximum absolute atomic E-state index is 12.6. The first-order valence-corrected chi connectivity index (χ1v) is 8.65. The van der Waals surface area contributed by atoms with Crippen molar-refractivity contribution in [3.8, 4) is 11.3 Å². The molecule has 2 aromatic carbocycles. The molecule has 4 heteroatoms. The van der Waals surface area contributed by atoms with Gasteiger partial charge in [0.2, 0.25) is 0 Å². The summed E-state index contributed by atoms with van der Waals surface area (Å²) in [6, 6.07) is 13.9. The lowest BCUT2D eigenvalue weighted by molar-refractivity contribution is 0.102. The molecule has 0 atom stereocenters. The predicted molar refractivity (Wildman–Crippen MR) is 99.9 cm³/mol. The van der Waals surface area contributed by atoms with Crippen LogP contribution in [0.3, 0.4) is 0 Å². The van der Waals surface area contributed by atoms with E-state index in [-0.39, 0.29) is 5.91 Å². The number of imidazole rings is 1. The first kappa shape index (κ1) is 15.6. The van der Waals surface area contributed by atoms with Crippen LogP contribution in [0.4, 0.5) is 5.69 Å². The zero-order valence-electron chi connectivity index (χ0n) is 14.5. The van der Waals surface area contributed by atoms with Crippen LogP contribution >= 0.6 is 0 Å². The molecule has 25 heavy (non-hydrogen) atoms. The molecule has 0 aliphatic carbocycles. The minimum atomic E-state index is -0.0811. The average Bonchev–Trinajstić information content (AvgIpc) is 3.17. The first-order chi connectivity index (χ1) is 12.1. The molecule has 0 saturated heterocycles. The molecule has 1 aliphatic heterocycles. The molecular formula is C21H21N3O. The van der Waals surface area contributed by atoms with Gasteiger partial charge in [-0.3, -0.25) is 4.79 Å². The normalized spacial score (nSPS) is 12.9. The molecule has 0 saturated carbocycles. The number of hydrogen-bond donors (Lipinski definition) is 1. The van der Waals surface area contributed by atoms with Crippen molar-refractivity contribution in [2.75, 3.05) is 5.32 Å². The summed E-state index contributed by atoms with van der Waals surface area (Å²) in [5, 5.41) is 3.01. The summed E-state index contributed by atoms with van der Waals surface area (Å²) < 4.78 is 2.27. The van der Waals surface area contributed by atoms with Gasteiger partial charge in [0.15, 0.2) is 0 Å². The Morgan fingerprint density at radius 3 is 2.72 bits per heavy atom. The number of benzene rings is 2. The van der Waals surface area contributed by atoms with Gasteiger partial charge >= 0.3 is 0 Å². The Hall–Kier alpha value is -2.88. The third kappa shape index (κ3) is 3.07. The highest BCUT2D eigenvalue weighted by Gasteiger charge is 2.17. The third-order valence-corrected chi connectivity index (χ3v) is 4.62. The summed E-state index contributed by atoms with van der Waals surface area (Å²) in [6.07, 6.45) is 4.13. The zero-order valence-corrected chi connectivity index (χ0v) is 14.5. The molecule has 0 spiro atoms. The van der Waals surface area contributed by atoms with E-state index in [0.717, 1.165) is 53.3 Å². The highest BCUT2D eigenvalue weighted by Crippen LogP contribution is 2.27. The second kappa shape index (κ2) is 6.20. The van der Waals surface area contributed by atoms with Gasteiger partial charge in [0.1, 0.15) is 5.82 Å². The number of rotatable bonds is 3. The first-order valence-electron chi connectivity index (χ1n) is 8.65. The number of amides is 1. The maximum Gasteiger partial charge on any atom is 0.255 e. The van der Waals surface area contributed by atoms with Gasteiger partial charge in [-0.05, 0) is 44.5 Å². The van der Waals surface area contributed by atoms with Gasteiger partial charge in [0, 0.05) is 29.8 Å². The number of fused-ring (bicyclic) bond motifs is 1. The molecular weight excluding hydrogens is 310 g/mol. The lowest BCUT2D eigenvalue weighted by Gasteiger charge is -2.10. The van der Waals surface area contributed by atoms with Crippen molar-refractivity contribution in [3.63, 3.8) is 0 Å². The summed E-state index contributed by atoms with van der Waals surface area (Å²) in [6.45, 7) is 5.03. The standard InChI is InChI=1S/C21H21N3O/c1-14-9-15(2)11-17(10-14)21(25)23-18-6-3-5-16(12-18)19-13-22-20-7-4-8-24(19)20/h3,5-6,9-13H,4,7-8H2,1-2H3,(H,23,25). The Morgan fingerprint density at radius 1 is 1.12 bits per heavy atom. The number of hydrogen-bond acceptors (Lipinski definition) is 2. The molecule has 0 fully saturated rings. The van der Waals surface area contributed by atoms with Crippen LogP contribution in [0.25, 0.3) is 11.3 Å². The summed E-state index contributed by atoms with van der Waals surface area (Å²) in [5.41, 5.74) is 5.87. The second-order valence-electron chi connectivity index (χ2n) is 6.73. The summed E-state index contributed by atoms with van der Waals surface area (Å²) in [7, 11) is 0. The van der Waals surface area contributed by atoms with Gasteiger partial charge in [0.25, 0.3) is 5.91 Å². The smallest absolute Gasteiger partial charge is 0.255 e. The summed E-state index contributed by atoms with van der Waals surface area (Å²) >= 11 is 0. The fourth-order valence-corrected chi connectivity index (χ4v) is 3.55. The van der Waals surface area contributed by atoms with Gasteiger partial charge in [0.05, 0.1) is 11.9 Å². The Bertz CT molecular complexity index is 935. The number of nitrogens with one attached hydrogen (secondary N) is 1. The zero-order chi connectivity index (χ0) is 17.4. The van der Waals surface area contributed by atoms with E-state index in [1.807, 2.05) is 50.4 Å². The van der Waals surface area contributed by atoms with E-state index < -0.39 is 0 Å². The number of aromatic nitrogens is 2. The number of aryl methyl sites for hydroxylation is 3. The predicted octanol–water partition coefficient (Wildman–Crippen LogP) is 4.37. The van der Waals surface area contributed by atoms with Crippen LogP contribution in [0.1, 0.15) is 33.7 Å². The van der Waals surface area contributed by atoms with Crippen molar-refractivity contribution in [1.29, 1.82) is 0 Å². The van der Waals surface area contributed by atoms with Crippen LogP contribution in [-0.4, -0.2) is 15.5 Å². The van der Waals surface area contributed by atoms with E-state index in [0.29, 0.717) is 5.56 Å². The van der Waals surface area contributed by atoms with Crippen LogP contribution in [0.5, 0.6) is 0 Å². The van der Waals surface area contributed by atoms with Gasteiger partial charge in [-0.1, -0.05) is 29.3 Å². The number of nitrogens with zero attached hydrogens (tertiary/aromatic N) is 2. The maximum atomic E-state index is 12.6. The molecule has 2 heterocycles. The summed E-state index contributed by atoms with van der Waals surface area (Å²) in [5.74, 6) is 1.07. The molecule has 0 unspecified atom stereocenters. The van der Waals surface area contributed by atoms with E-state index in [1.165, 1.54) is 0 Å². The fraction of sp³-hybridized carbons (Fsp3) is 0.238. The second-order valence-corrected chi connectivity index (χ2v) is 6.73. The number of carbonyl (C=O) groups excluding carboxylic acids is 1. The monoisotopic (exact) mass is 331 g/mol. The lowest BCUT2D eigenvalue weighted by Crippen LogP contribution is -2.12. The Morgan fingerprint density at radius 2 is 1.92 bits per heavy atom. The van der Waals surface area contributed by atoms with Gasteiger partial charge in [-0.25, -0.2) is 4.98 Å². The third-order valence-electron chi connectivity index (χ3n) is 4.62. The van der Waals surface area contributed by atoms with Gasteiger partial charge < -0.3 is 9.88 Å². The van der Waals surface area contributed by atoms with Crippen molar-refractivity contribution in [3.05, 3.63) is 71.2 Å². The van der Waals surface area contributed by atoms with Crippen LogP contribution in [0.15, 0.2) is 48.7 Å². The Balaban J connectivity index is 1.60. The van der Waals surface area contributed by atoms with E-state index in [4.69, 9.17) is 0 Å². The molecule has 1 amide bonds. The van der Waals surface area contributed by atoms with Crippen molar-refractivity contribution in [2.24, 2.45) is 0 Å². The van der Waals surface area contributed by atoms with E-state index in [9.17, 15) is 4.79 Å². The Kier molecular flexibility index (Phi) is 3.88. The topological polar surface area (TPSA) is 46.9 Å². The minimum Gasteiger partial charge on any atom is -0.328 e. The molecule has 4 rings (SSSR count). The number of carbonyl (C=O) groups is 1. The highest BCUT2D eigenvalue weighted by atomic mass is 16.1. The lowest BCUT2D eigenvalue weighted by atomic mass is 10.1. The highest BCUT2D eigenvalue weighted by molar-refractivity contribution is 6.04. The average molecular weight is 331 g/mol. The van der Waals surface area contributed by atoms with E-state index >= 15 is 0 Å². The quantitative estimate of drug-likeness (QED) is 0.775. The number of anilines is 1. The van der Waals surface area contributed by atoms with Crippen LogP contribution in [0, 0.1) is 13.8 Å². The molecule has 4 nitrogen and oxygen atoms in total. The van der Waals surface area contributed by atoms with Crippen LogP contribution in [-0.2, 0) is 13.0 Å². The van der Waals surface area contributed by atoms with E-state index in [1.54, 1.807) is 0 Å². The van der Waals surface area contributed by atoms with Gasteiger partial charge in [-0.2, -0.15) is 0 Å². The minimum absolute atomic E-state index is 0.0811. The SMILES string of the molecule is Cc1cc(C)cc(C(=O)Nc2cccc(-c3cnc4n3CCC4)c2)c1. The molecule has 0 bridgehead atoms.